The van der Waals surface area contributed by atoms with Crippen LogP contribution in [-0.4, -0.2) is 42.5 Å². The minimum absolute atomic E-state index is 0. The number of ether oxygens (including phenoxy) is 1. The zero-order chi connectivity index (χ0) is 17.9. The van der Waals surface area contributed by atoms with E-state index in [2.05, 4.69) is 5.92 Å². The van der Waals surface area contributed by atoms with Gasteiger partial charge < -0.3 is 15.4 Å². The second-order valence-corrected chi connectivity index (χ2v) is 5.65. The molecule has 6 heteroatoms. The quantitative estimate of drug-likeness (QED) is 0.537. The van der Waals surface area contributed by atoms with Crippen LogP contribution in [0.15, 0.2) is 30.3 Å². The van der Waals surface area contributed by atoms with Gasteiger partial charge >= 0.3 is 5.97 Å². The van der Waals surface area contributed by atoms with E-state index in [4.69, 9.17) is 16.9 Å². The van der Waals surface area contributed by atoms with Gasteiger partial charge in [-0.25, -0.2) is 4.79 Å². The van der Waals surface area contributed by atoms with Crippen molar-refractivity contribution in [3.8, 4) is 12.3 Å². The van der Waals surface area contributed by atoms with Gasteiger partial charge in [-0.05, 0) is 18.4 Å². The van der Waals surface area contributed by atoms with Gasteiger partial charge in [0.2, 0.25) is 5.91 Å². The minimum Gasteiger partial charge on any atom is -0.467 e. The maximum absolute atomic E-state index is 12.8. The molecule has 0 heterocycles. The Bertz CT molecular complexity index is 572. The molecule has 0 radical (unpaired) electrons. The molecule has 138 valence electrons. The van der Waals surface area contributed by atoms with Crippen molar-refractivity contribution in [2.45, 2.75) is 44.7 Å². The molecule has 1 rings (SSSR count). The summed E-state index contributed by atoms with van der Waals surface area (Å²) in [5, 5.41) is 0. The molecule has 1 aromatic carbocycles. The number of benzene rings is 1. The molecule has 0 saturated heterocycles. The summed E-state index contributed by atoms with van der Waals surface area (Å²) in [5.74, 6) is 1.66. The first kappa shape index (κ1) is 23.0. The number of nitrogens with zero attached hydrogens (tertiary/aromatic N) is 1. The van der Waals surface area contributed by atoms with Crippen molar-refractivity contribution in [1.82, 2.24) is 4.90 Å². The van der Waals surface area contributed by atoms with Crippen LogP contribution in [0, 0.1) is 12.3 Å². The van der Waals surface area contributed by atoms with Gasteiger partial charge in [-0.2, -0.15) is 0 Å². The molecule has 0 saturated carbocycles. The van der Waals surface area contributed by atoms with Gasteiger partial charge in [0.1, 0.15) is 6.04 Å². The standard InChI is InChI=1S/C19H26N2O3.ClH/c1-4-6-12-17(19(23)24-3)21(13-5-2)18(22)16(20)14-15-10-8-7-9-11-15;/h2,7-11,16-17H,4,6,12-14,20H2,1,3H3;1H/t16-,17-;/m0./s1. The molecular formula is C19H27ClN2O3. The van der Waals surface area contributed by atoms with Crippen LogP contribution in [0.2, 0.25) is 0 Å². The Hall–Kier alpha value is -2.03. The summed E-state index contributed by atoms with van der Waals surface area (Å²) >= 11 is 0. The van der Waals surface area contributed by atoms with E-state index < -0.39 is 18.1 Å². The number of carbonyl (C=O) groups excluding carboxylic acids is 2. The zero-order valence-corrected chi connectivity index (χ0v) is 15.6. The SMILES string of the molecule is C#CCN(C(=O)[C@@H](N)Cc1ccccc1)[C@@H](CCCC)C(=O)OC.Cl. The van der Waals surface area contributed by atoms with Gasteiger partial charge in [0.25, 0.3) is 0 Å². The van der Waals surface area contributed by atoms with E-state index >= 15 is 0 Å². The number of hydrogen-bond acceptors (Lipinski definition) is 4. The molecule has 2 N–H and O–H groups in total. The fraction of sp³-hybridized carbons (Fsp3) is 0.474. The maximum atomic E-state index is 12.8. The number of amides is 1. The summed E-state index contributed by atoms with van der Waals surface area (Å²) in [5.41, 5.74) is 7.04. The third-order valence-electron chi connectivity index (χ3n) is 3.84. The van der Waals surface area contributed by atoms with Crippen LogP contribution >= 0.6 is 12.4 Å². The highest BCUT2D eigenvalue weighted by Gasteiger charge is 2.32. The second-order valence-electron chi connectivity index (χ2n) is 5.65. The highest BCUT2D eigenvalue weighted by molar-refractivity contribution is 5.88. The highest BCUT2D eigenvalue weighted by atomic mass is 35.5. The summed E-state index contributed by atoms with van der Waals surface area (Å²) in [4.78, 5) is 26.2. The van der Waals surface area contributed by atoms with E-state index in [-0.39, 0.29) is 24.9 Å². The molecule has 25 heavy (non-hydrogen) atoms. The molecule has 1 amide bonds. The lowest BCUT2D eigenvalue weighted by atomic mass is 10.0. The molecule has 0 aliphatic rings. The fourth-order valence-electron chi connectivity index (χ4n) is 2.54. The van der Waals surface area contributed by atoms with Crippen molar-refractivity contribution in [2.75, 3.05) is 13.7 Å². The molecule has 1 aromatic rings. The Morgan fingerprint density at radius 3 is 2.48 bits per heavy atom. The largest absolute Gasteiger partial charge is 0.467 e. The average Bonchev–Trinajstić information content (AvgIpc) is 2.60. The molecule has 0 spiro atoms. The van der Waals surface area contributed by atoms with Gasteiger partial charge in [0.15, 0.2) is 0 Å². The van der Waals surface area contributed by atoms with Crippen LogP contribution in [-0.2, 0) is 20.7 Å². The molecule has 0 fully saturated rings. The van der Waals surface area contributed by atoms with Crippen molar-refractivity contribution in [3.63, 3.8) is 0 Å². The summed E-state index contributed by atoms with van der Waals surface area (Å²) in [7, 11) is 1.31. The fourth-order valence-corrected chi connectivity index (χ4v) is 2.54. The van der Waals surface area contributed by atoms with E-state index in [0.29, 0.717) is 12.8 Å². The van der Waals surface area contributed by atoms with Crippen molar-refractivity contribution in [3.05, 3.63) is 35.9 Å². The van der Waals surface area contributed by atoms with E-state index in [0.717, 1.165) is 18.4 Å². The molecule has 0 bridgehead atoms. The topological polar surface area (TPSA) is 72.6 Å². The van der Waals surface area contributed by atoms with Gasteiger partial charge in [0, 0.05) is 0 Å². The zero-order valence-electron chi connectivity index (χ0n) is 14.8. The van der Waals surface area contributed by atoms with Gasteiger partial charge in [-0.1, -0.05) is 56.0 Å². The summed E-state index contributed by atoms with van der Waals surface area (Å²) < 4.78 is 4.84. The molecule has 0 aromatic heterocycles. The number of nitrogens with two attached hydrogens (primary N) is 1. The number of esters is 1. The minimum atomic E-state index is -0.755. The first-order chi connectivity index (χ1) is 11.5. The Kier molecular flexibility index (Phi) is 11.3. The Morgan fingerprint density at radius 2 is 1.96 bits per heavy atom. The van der Waals surface area contributed by atoms with Crippen molar-refractivity contribution < 1.29 is 14.3 Å². The van der Waals surface area contributed by atoms with Crippen molar-refractivity contribution in [1.29, 1.82) is 0 Å². The lowest BCUT2D eigenvalue weighted by Gasteiger charge is -2.30. The third kappa shape index (κ3) is 7.16. The lowest BCUT2D eigenvalue weighted by Crippen LogP contribution is -2.52. The number of halogens is 1. The number of rotatable bonds is 9. The number of carbonyl (C=O) groups is 2. The van der Waals surface area contributed by atoms with Crippen LogP contribution in [0.4, 0.5) is 0 Å². The third-order valence-corrected chi connectivity index (χ3v) is 3.84. The number of methoxy groups -OCH3 is 1. The number of unbranched alkanes of at least 4 members (excludes halogenated alkanes) is 1. The molecule has 5 nitrogen and oxygen atoms in total. The Balaban J connectivity index is 0.00000576. The van der Waals surface area contributed by atoms with Crippen LogP contribution in [0.25, 0.3) is 0 Å². The first-order valence-corrected chi connectivity index (χ1v) is 8.16. The second kappa shape index (κ2) is 12.3. The summed E-state index contributed by atoms with van der Waals surface area (Å²) in [6.07, 6.45) is 7.99. The van der Waals surface area contributed by atoms with Crippen LogP contribution in [0.5, 0.6) is 0 Å². The van der Waals surface area contributed by atoms with E-state index in [1.807, 2.05) is 37.3 Å². The Labute approximate surface area is 156 Å². The van der Waals surface area contributed by atoms with E-state index in [1.165, 1.54) is 12.0 Å². The van der Waals surface area contributed by atoms with E-state index in [1.54, 1.807) is 0 Å². The van der Waals surface area contributed by atoms with Crippen molar-refractivity contribution >= 4 is 24.3 Å². The van der Waals surface area contributed by atoms with Crippen LogP contribution in [0.3, 0.4) is 0 Å². The summed E-state index contributed by atoms with van der Waals surface area (Å²) in [6.45, 7) is 2.05. The van der Waals surface area contributed by atoms with Crippen LogP contribution in [0.1, 0.15) is 31.7 Å². The van der Waals surface area contributed by atoms with Gasteiger partial charge in [0.05, 0.1) is 19.7 Å². The molecule has 0 unspecified atom stereocenters. The van der Waals surface area contributed by atoms with E-state index in [9.17, 15) is 9.59 Å². The highest BCUT2D eigenvalue weighted by Crippen LogP contribution is 2.13. The molecule has 0 aliphatic heterocycles. The molecule has 2 atom stereocenters. The Morgan fingerprint density at radius 1 is 1.32 bits per heavy atom. The normalized spacial score (nSPS) is 12.2. The molecule has 0 aliphatic carbocycles. The predicted octanol–water partition coefficient (Wildman–Crippen LogP) is 2.17. The smallest absolute Gasteiger partial charge is 0.328 e. The number of terminal acetylenes is 1. The van der Waals surface area contributed by atoms with Gasteiger partial charge in [-0.15, -0.1) is 18.8 Å². The average molecular weight is 367 g/mol. The lowest BCUT2D eigenvalue weighted by molar-refractivity contribution is -0.153. The van der Waals surface area contributed by atoms with Crippen LogP contribution < -0.4 is 5.73 Å². The van der Waals surface area contributed by atoms with Crippen molar-refractivity contribution in [2.24, 2.45) is 5.73 Å². The molecular weight excluding hydrogens is 340 g/mol. The first-order valence-electron chi connectivity index (χ1n) is 8.16. The summed E-state index contributed by atoms with van der Waals surface area (Å²) in [6, 6.07) is 8.06. The maximum Gasteiger partial charge on any atom is 0.328 e. The van der Waals surface area contributed by atoms with Gasteiger partial charge in [-0.3, -0.25) is 4.79 Å². The predicted molar refractivity (Wildman–Crippen MR) is 101 cm³/mol. The number of hydrogen-bond donors (Lipinski definition) is 1. The monoisotopic (exact) mass is 366 g/mol.